The number of carbonyl (C=O) groups excluding carboxylic acids is 3. The van der Waals surface area contributed by atoms with E-state index < -0.39 is 17.7 Å². The Morgan fingerprint density at radius 3 is 2.48 bits per heavy atom. The third kappa shape index (κ3) is 5.39. The topological polar surface area (TPSA) is 133 Å². The van der Waals surface area contributed by atoms with Gasteiger partial charge in [-0.05, 0) is 81.3 Å². The Morgan fingerprint density at radius 1 is 1.07 bits per heavy atom. The van der Waals surface area contributed by atoms with E-state index in [4.69, 9.17) is 4.74 Å². The molecule has 0 radical (unpaired) electrons. The minimum atomic E-state index is -0.857. The second kappa shape index (κ2) is 10.5. The smallest absolute Gasteiger partial charge is 0.408 e. The molecule has 2 atom stereocenters. The molecular weight excluding hydrogens is 532 g/mol. The van der Waals surface area contributed by atoms with Gasteiger partial charge in [0.25, 0.3) is 5.91 Å². The van der Waals surface area contributed by atoms with Gasteiger partial charge >= 0.3 is 6.09 Å². The molecule has 2 aromatic carbocycles. The number of carbonyl (C=O) groups is 3. The molecule has 42 heavy (non-hydrogen) atoms. The first-order chi connectivity index (χ1) is 20.1. The van der Waals surface area contributed by atoms with Crippen LogP contribution in [-0.4, -0.2) is 34.5 Å². The lowest BCUT2D eigenvalue weighted by molar-refractivity contribution is -0.119. The first kappa shape index (κ1) is 27.3. The van der Waals surface area contributed by atoms with Gasteiger partial charge in [-0.15, -0.1) is 0 Å². The molecule has 2 aliphatic heterocycles. The largest absolute Gasteiger partial charge is 0.444 e. The van der Waals surface area contributed by atoms with Gasteiger partial charge in [0.15, 0.2) is 0 Å². The van der Waals surface area contributed by atoms with E-state index in [2.05, 4.69) is 43.9 Å². The summed E-state index contributed by atoms with van der Waals surface area (Å²) in [6.07, 6.45) is 4.23. The predicted octanol–water partition coefficient (Wildman–Crippen LogP) is 4.39. The number of rotatable bonds is 5. The summed E-state index contributed by atoms with van der Waals surface area (Å²) in [6.45, 7) is 7.27. The zero-order valence-electron chi connectivity index (χ0n) is 24.0. The van der Waals surface area contributed by atoms with E-state index in [9.17, 15) is 14.4 Å². The van der Waals surface area contributed by atoms with Crippen molar-refractivity contribution >= 4 is 34.9 Å². The summed E-state index contributed by atoms with van der Waals surface area (Å²) in [4.78, 5) is 44.2. The highest BCUT2D eigenvalue weighted by molar-refractivity contribution is 6.08. The minimum Gasteiger partial charge on any atom is -0.444 e. The van der Waals surface area contributed by atoms with Crippen LogP contribution in [0.5, 0.6) is 0 Å². The van der Waals surface area contributed by atoms with Crippen molar-refractivity contribution in [3.63, 3.8) is 0 Å². The van der Waals surface area contributed by atoms with Crippen LogP contribution in [0.3, 0.4) is 0 Å². The molecule has 3 amide bonds. The summed E-state index contributed by atoms with van der Waals surface area (Å²) in [5.74, 6) is -0.872. The molecular formula is C32H34N6O4. The number of hydrogen-bond acceptors (Lipinski definition) is 7. The van der Waals surface area contributed by atoms with Gasteiger partial charge in [-0.3, -0.25) is 20.0 Å². The maximum atomic E-state index is 13.9. The maximum Gasteiger partial charge on any atom is 0.408 e. The molecule has 0 saturated carbocycles. The molecule has 1 aromatic heterocycles. The van der Waals surface area contributed by atoms with Crippen LogP contribution in [-0.2, 0) is 22.4 Å². The number of anilines is 2. The van der Waals surface area contributed by atoms with Gasteiger partial charge in [-0.1, -0.05) is 30.3 Å². The van der Waals surface area contributed by atoms with Crippen LogP contribution in [0, 0.1) is 12.8 Å². The number of aryl methyl sites for hydroxylation is 1. The number of nitrogens with one attached hydrogen (secondary N) is 5. The molecule has 216 valence electrons. The fourth-order valence-corrected chi connectivity index (χ4v) is 5.89. The molecule has 10 nitrogen and oxygen atoms in total. The molecule has 0 spiro atoms. The van der Waals surface area contributed by atoms with Gasteiger partial charge < -0.3 is 26.1 Å². The van der Waals surface area contributed by atoms with E-state index in [1.54, 1.807) is 33.0 Å². The molecule has 10 heteroatoms. The standard InChI is InChI=1S/C32H34N6O4/c1-17-9-10-20(15-33-17)27-24-16-34-38-29(39)23-13-22(14-25(36-27)26(23)24)35-30(40)28(37-31(41)42-32(2,3)4)21-11-18-7-5-6-8-19(18)12-21/h5-10,13-16,21,27-28,34,36H,11-12H2,1-4H3,(H,35,40)(H,37,41)(H,38,39)/t27?,28-/m1/s1. The lowest BCUT2D eigenvalue weighted by atomic mass is 9.94. The van der Waals surface area contributed by atoms with Crippen molar-refractivity contribution in [2.45, 2.75) is 58.2 Å². The molecule has 6 rings (SSSR count). The van der Waals surface area contributed by atoms with Gasteiger partial charge in [0.05, 0.1) is 11.6 Å². The fraction of sp³-hybridized carbons (Fsp3) is 0.312. The van der Waals surface area contributed by atoms with Gasteiger partial charge in [-0.2, -0.15) is 0 Å². The lowest BCUT2D eigenvalue weighted by Crippen LogP contribution is -2.50. The first-order valence-electron chi connectivity index (χ1n) is 14.1. The number of amides is 3. The summed E-state index contributed by atoms with van der Waals surface area (Å²) in [6, 6.07) is 14.4. The van der Waals surface area contributed by atoms with Crippen LogP contribution < -0.4 is 26.8 Å². The molecule has 3 aromatic rings. The number of benzene rings is 2. The highest BCUT2D eigenvalue weighted by Crippen LogP contribution is 2.46. The van der Waals surface area contributed by atoms with Crippen LogP contribution >= 0.6 is 0 Å². The molecule has 3 aliphatic rings. The number of fused-ring (bicyclic) bond motifs is 1. The molecule has 0 bridgehead atoms. The summed E-state index contributed by atoms with van der Waals surface area (Å²) < 4.78 is 5.50. The van der Waals surface area contributed by atoms with Gasteiger partial charge in [0.2, 0.25) is 5.91 Å². The van der Waals surface area contributed by atoms with Crippen LogP contribution in [0.2, 0.25) is 0 Å². The molecule has 1 aliphatic carbocycles. The highest BCUT2D eigenvalue weighted by Gasteiger charge is 2.37. The second-order valence-corrected chi connectivity index (χ2v) is 12.0. The Hall–Kier alpha value is -4.86. The monoisotopic (exact) mass is 566 g/mol. The van der Waals surface area contributed by atoms with Crippen molar-refractivity contribution < 1.29 is 19.1 Å². The Kier molecular flexibility index (Phi) is 6.84. The average molecular weight is 567 g/mol. The molecule has 0 fully saturated rings. The highest BCUT2D eigenvalue weighted by atomic mass is 16.6. The van der Waals surface area contributed by atoms with Gasteiger partial charge in [-0.25, -0.2) is 4.79 Å². The van der Waals surface area contributed by atoms with Crippen LogP contribution in [0.4, 0.5) is 16.2 Å². The normalized spacial score (nSPS) is 17.9. The lowest BCUT2D eigenvalue weighted by Gasteiger charge is -2.26. The van der Waals surface area contributed by atoms with E-state index in [0.29, 0.717) is 29.8 Å². The Bertz CT molecular complexity index is 1580. The van der Waals surface area contributed by atoms with Crippen molar-refractivity contribution in [2.24, 2.45) is 5.92 Å². The number of pyridine rings is 1. The zero-order valence-corrected chi connectivity index (χ0v) is 24.0. The van der Waals surface area contributed by atoms with Crippen LogP contribution in [0.15, 0.2) is 60.9 Å². The minimum absolute atomic E-state index is 0.163. The third-order valence-corrected chi connectivity index (χ3v) is 7.74. The summed E-state index contributed by atoms with van der Waals surface area (Å²) in [7, 11) is 0. The molecule has 3 heterocycles. The maximum absolute atomic E-state index is 13.9. The van der Waals surface area contributed by atoms with E-state index >= 15 is 0 Å². The van der Waals surface area contributed by atoms with E-state index in [-0.39, 0.29) is 23.8 Å². The quantitative estimate of drug-likeness (QED) is 0.309. The SMILES string of the molecule is Cc1ccc(C2Nc3cc(NC(=O)[C@H](NC(=O)OC(C)(C)C)C4Cc5ccccc5C4)cc4c3C2=CNNC4=O)cn1. The van der Waals surface area contributed by atoms with Crippen molar-refractivity contribution in [2.75, 3.05) is 10.6 Å². The van der Waals surface area contributed by atoms with E-state index in [0.717, 1.165) is 33.5 Å². The number of ether oxygens (including phenoxy) is 1. The third-order valence-electron chi connectivity index (χ3n) is 7.74. The Labute approximate surface area is 244 Å². The number of alkyl carbamates (subject to hydrolysis) is 1. The van der Waals surface area contributed by atoms with Crippen LogP contribution in [0.25, 0.3) is 5.57 Å². The molecule has 0 saturated heterocycles. The van der Waals surface area contributed by atoms with Gasteiger partial charge in [0.1, 0.15) is 11.6 Å². The Morgan fingerprint density at radius 2 is 1.81 bits per heavy atom. The van der Waals surface area contributed by atoms with Crippen molar-refractivity contribution in [3.05, 3.63) is 94.4 Å². The zero-order chi connectivity index (χ0) is 29.6. The van der Waals surface area contributed by atoms with E-state index in [1.165, 1.54) is 0 Å². The number of aromatic nitrogens is 1. The average Bonchev–Trinajstić information content (AvgIpc) is 3.47. The van der Waals surface area contributed by atoms with Crippen molar-refractivity contribution in [1.29, 1.82) is 0 Å². The molecule has 1 unspecified atom stereocenters. The fourth-order valence-electron chi connectivity index (χ4n) is 5.89. The van der Waals surface area contributed by atoms with E-state index in [1.807, 2.05) is 43.5 Å². The number of hydrazine groups is 1. The number of nitrogens with zero attached hydrogens (tertiary/aromatic N) is 1. The molecule has 5 N–H and O–H groups in total. The van der Waals surface area contributed by atoms with Gasteiger partial charge in [0, 0.05) is 40.6 Å². The first-order valence-corrected chi connectivity index (χ1v) is 14.1. The second-order valence-electron chi connectivity index (χ2n) is 12.0. The Balaban J connectivity index is 1.30. The van der Waals surface area contributed by atoms with Crippen molar-refractivity contribution in [1.82, 2.24) is 21.2 Å². The predicted molar refractivity (Wildman–Crippen MR) is 159 cm³/mol. The van der Waals surface area contributed by atoms with Crippen LogP contribution in [0.1, 0.15) is 65.1 Å². The summed E-state index contributed by atoms with van der Waals surface area (Å²) in [5.41, 5.74) is 12.2. The summed E-state index contributed by atoms with van der Waals surface area (Å²) in [5, 5.41) is 9.30. The number of hydrogen-bond donors (Lipinski definition) is 5. The van der Waals surface area contributed by atoms with Crippen molar-refractivity contribution in [3.8, 4) is 0 Å². The summed E-state index contributed by atoms with van der Waals surface area (Å²) >= 11 is 0.